The van der Waals surface area contributed by atoms with Gasteiger partial charge in [-0.2, -0.15) is 10.3 Å². The molecule has 3 nitrogen and oxygen atoms in total. The lowest BCUT2D eigenvalue weighted by Gasteiger charge is -2.07. The molecule has 1 rings (SSSR count). The van der Waals surface area contributed by atoms with Crippen molar-refractivity contribution in [3.63, 3.8) is 0 Å². The normalized spacial score (nSPS) is 11.1. The third-order valence-corrected chi connectivity index (χ3v) is 4.01. The second-order valence-electron chi connectivity index (χ2n) is 2.66. The molecular formula is C10H8Cl2N2OS2. The summed E-state index contributed by atoms with van der Waals surface area (Å²) in [6, 6.07) is 5.01. The fourth-order valence-electron chi connectivity index (χ4n) is 0.913. The number of halogens is 2. The predicted molar refractivity (Wildman–Crippen MR) is 76.1 cm³/mol. The largest absolute Gasteiger partial charge is 0.481 e. The summed E-state index contributed by atoms with van der Waals surface area (Å²) < 4.78 is 6.09. The standard InChI is InChI=1S/C10H8Cl2N2OS2/c1-16-10(14-5-13)17-6-15-9-3-2-7(11)4-8(9)12/h2-4H,6H2,1H3. The molecule has 0 unspecified atom stereocenters. The van der Waals surface area contributed by atoms with Gasteiger partial charge in [-0.15, -0.1) is 11.8 Å². The highest BCUT2D eigenvalue weighted by Crippen LogP contribution is 2.28. The van der Waals surface area contributed by atoms with Gasteiger partial charge in [-0.25, -0.2) is 0 Å². The quantitative estimate of drug-likeness (QED) is 0.362. The van der Waals surface area contributed by atoms with Crippen LogP contribution in [0.3, 0.4) is 0 Å². The first-order valence-corrected chi connectivity index (χ1v) is 7.35. The van der Waals surface area contributed by atoms with Gasteiger partial charge in [0.15, 0.2) is 0 Å². The number of ether oxygens (including phenoxy) is 1. The highest BCUT2D eigenvalue weighted by molar-refractivity contribution is 8.38. The van der Waals surface area contributed by atoms with Crippen molar-refractivity contribution in [3.05, 3.63) is 28.2 Å². The summed E-state index contributed by atoms with van der Waals surface area (Å²) >= 11 is 14.4. The summed E-state index contributed by atoms with van der Waals surface area (Å²) in [7, 11) is 0. The summed E-state index contributed by atoms with van der Waals surface area (Å²) in [5.74, 6) is 0.892. The zero-order chi connectivity index (χ0) is 12.7. The first kappa shape index (κ1) is 14.5. The maximum Gasteiger partial charge on any atom is 0.207 e. The summed E-state index contributed by atoms with van der Waals surface area (Å²) in [5.41, 5.74) is 0. The van der Waals surface area contributed by atoms with Gasteiger partial charge in [-0.3, -0.25) is 0 Å². The van der Waals surface area contributed by atoms with Crippen molar-refractivity contribution in [1.29, 1.82) is 5.26 Å². The van der Waals surface area contributed by atoms with Crippen LogP contribution in [0.4, 0.5) is 0 Å². The van der Waals surface area contributed by atoms with Crippen molar-refractivity contribution in [2.24, 2.45) is 4.99 Å². The molecule has 0 aliphatic heterocycles. The van der Waals surface area contributed by atoms with E-state index in [1.54, 1.807) is 24.4 Å². The molecule has 7 heteroatoms. The first-order valence-electron chi connectivity index (χ1n) is 4.38. The molecule has 1 aromatic rings. The third-order valence-electron chi connectivity index (χ3n) is 1.61. The molecule has 0 amide bonds. The number of aliphatic imine (C=N–C) groups is 1. The molecule has 0 saturated heterocycles. The Bertz CT molecular complexity index is 460. The molecule has 90 valence electrons. The Labute approximate surface area is 118 Å². The van der Waals surface area contributed by atoms with Crippen LogP contribution >= 0.6 is 46.7 Å². The van der Waals surface area contributed by atoms with Gasteiger partial charge in [-0.1, -0.05) is 35.0 Å². The van der Waals surface area contributed by atoms with Crippen molar-refractivity contribution in [2.45, 2.75) is 0 Å². The Hall–Kier alpha value is -0.540. The number of thioether (sulfide) groups is 2. The topological polar surface area (TPSA) is 45.4 Å². The minimum atomic E-state index is 0.336. The molecule has 0 spiro atoms. The average molecular weight is 307 g/mol. The van der Waals surface area contributed by atoms with Gasteiger partial charge in [0, 0.05) is 5.02 Å². The summed E-state index contributed by atoms with van der Waals surface area (Å²) in [6.45, 7) is 0. The smallest absolute Gasteiger partial charge is 0.207 e. The van der Waals surface area contributed by atoms with Crippen molar-refractivity contribution in [2.75, 3.05) is 12.2 Å². The summed E-state index contributed by atoms with van der Waals surface area (Å²) in [6.07, 6.45) is 3.58. The Kier molecular flexibility index (Phi) is 6.60. The van der Waals surface area contributed by atoms with E-state index in [0.717, 1.165) is 0 Å². The molecule has 0 aliphatic carbocycles. The van der Waals surface area contributed by atoms with Crippen LogP contribution in [0.15, 0.2) is 23.2 Å². The van der Waals surface area contributed by atoms with E-state index in [-0.39, 0.29) is 0 Å². The zero-order valence-corrected chi connectivity index (χ0v) is 12.0. The minimum absolute atomic E-state index is 0.336. The number of nitrogens with zero attached hydrogens (tertiary/aromatic N) is 2. The predicted octanol–water partition coefficient (Wildman–Crippen LogP) is 4.26. The summed E-state index contributed by atoms with van der Waals surface area (Å²) in [4.78, 5) is 3.62. The van der Waals surface area contributed by atoms with E-state index in [0.29, 0.717) is 26.1 Å². The van der Waals surface area contributed by atoms with Gasteiger partial charge >= 0.3 is 0 Å². The van der Waals surface area contributed by atoms with Crippen molar-refractivity contribution in [3.8, 4) is 11.9 Å². The molecule has 0 heterocycles. The molecule has 0 fully saturated rings. The second kappa shape index (κ2) is 7.72. The van der Waals surface area contributed by atoms with E-state index in [4.69, 9.17) is 33.2 Å². The van der Waals surface area contributed by atoms with E-state index in [9.17, 15) is 0 Å². The zero-order valence-electron chi connectivity index (χ0n) is 8.81. The van der Waals surface area contributed by atoms with Crippen LogP contribution in [-0.4, -0.2) is 16.6 Å². The van der Waals surface area contributed by atoms with Gasteiger partial charge in [0.05, 0.1) is 5.02 Å². The molecule has 0 saturated carbocycles. The van der Waals surface area contributed by atoms with E-state index in [1.807, 2.05) is 6.26 Å². The molecular weight excluding hydrogens is 299 g/mol. The highest BCUT2D eigenvalue weighted by Gasteiger charge is 2.04. The van der Waals surface area contributed by atoms with Crippen molar-refractivity contribution < 1.29 is 4.74 Å². The number of nitriles is 1. The van der Waals surface area contributed by atoms with Gasteiger partial charge in [0.2, 0.25) is 6.19 Å². The molecule has 0 radical (unpaired) electrons. The summed E-state index contributed by atoms with van der Waals surface area (Å²) in [5, 5.41) is 9.44. The third kappa shape index (κ3) is 5.09. The monoisotopic (exact) mass is 306 g/mol. The van der Waals surface area contributed by atoms with Crippen molar-refractivity contribution >= 4 is 51.1 Å². The first-order chi connectivity index (χ1) is 8.17. The van der Waals surface area contributed by atoms with Crippen LogP contribution in [0.5, 0.6) is 5.75 Å². The van der Waals surface area contributed by atoms with Crippen LogP contribution in [0.2, 0.25) is 10.0 Å². The van der Waals surface area contributed by atoms with Crippen LogP contribution in [0.1, 0.15) is 0 Å². The van der Waals surface area contributed by atoms with Crippen LogP contribution in [0, 0.1) is 11.5 Å². The van der Waals surface area contributed by atoms with Gasteiger partial charge in [0.25, 0.3) is 0 Å². The maximum absolute atomic E-state index is 8.42. The highest BCUT2D eigenvalue weighted by atomic mass is 35.5. The Morgan fingerprint density at radius 1 is 1.53 bits per heavy atom. The molecule has 1 aromatic carbocycles. The molecule has 17 heavy (non-hydrogen) atoms. The number of hydrogen-bond donors (Lipinski definition) is 0. The van der Waals surface area contributed by atoms with Crippen LogP contribution < -0.4 is 4.74 Å². The molecule has 0 atom stereocenters. The van der Waals surface area contributed by atoms with E-state index < -0.39 is 0 Å². The van der Waals surface area contributed by atoms with Gasteiger partial charge < -0.3 is 4.74 Å². The van der Waals surface area contributed by atoms with Crippen LogP contribution in [-0.2, 0) is 0 Å². The van der Waals surface area contributed by atoms with Gasteiger partial charge in [-0.05, 0) is 24.5 Å². The molecule has 0 aliphatic rings. The molecule has 0 aromatic heterocycles. The lowest BCUT2D eigenvalue weighted by atomic mass is 10.3. The Balaban J connectivity index is 2.51. The molecule has 0 N–H and O–H groups in total. The number of benzene rings is 1. The second-order valence-corrected chi connectivity index (χ2v) is 5.47. The lowest BCUT2D eigenvalue weighted by molar-refractivity contribution is 0.394. The number of hydrogen-bond acceptors (Lipinski definition) is 5. The molecule has 0 bridgehead atoms. The van der Waals surface area contributed by atoms with Crippen LogP contribution in [0.25, 0.3) is 0 Å². The Morgan fingerprint density at radius 2 is 2.29 bits per heavy atom. The fraction of sp³-hybridized carbons (Fsp3) is 0.200. The van der Waals surface area contributed by atoms with E-state index in [1.165, 1.54) is 23.5 Å². The van der Waals surface area contributed by atoms with E-state index >= 15 is 0 Å². The van der Waals surface area contributed by atoms with E-state index in [2.05, 4.69) is 4.99 Å². The van der Waals surface area contributed by atoms with Gasteiger partial charge in [0.1, 0.15) is 16.1 Å². The fourth-order valence-corrected chi connectivity index (χ4v) is 2.52. The minimum Gasteiger partial charge on any atom is -0.481 e. The Morgan fingerprint density at radius 3 is 2.88 bits per heavy atom. The lowest BCUT2D eigenvalue weighted by Crippen LogP contribution is -1.96. The average Bonchev–Trinajstić information content (AvgIpc) is 2.30. The maximum atomic E-state index is 8.42. The van der Waals surface area contributed by atoms with Crippen molar-refractivity contribution in [1.82, 2.24) is 0 Å². The SMILES string of the molecule is CSC(=NC#N)SCOc1ccc(Cl)cc1Cl. The number of rotatable bonds is 3.